The van der Waals surface area contributed by atoms with E-state index in [1.807, 2.05) is 35.0 Å². The number of nitrogens with zero attached hydrogens (tertiary/aromatic N) is 3. The largest absolute Gasteiger partial charge is 0.487 e. The van der Waals surface area contributed by atoms with E-state index in [0.29, 0.717) is 35.9 Å². The van der Waals surface area contributed by atoms with Crippen molar-refractivity contribution in [3.63, 3.8) is 0 Å². The molecule has 0 bridgehead atoms. The Labute approximate surface area is 163 Å². The zero-order chi connectivity index (χ0) is 18.8. The fraction of sp³-hybridized carbons (Fsp3) is 0.222. The summed E-state index contributed by atoms with van der Waals surface area (Å²) in [6.07, 6.45) is 2.41. The quantitative estimate of drug-likeness (QED) is 0.662. The van der Waals surface area contributed by atoms with Crippen LogP contribution >= 0.6 is 22.9 Å². The zero-order valence-electron chi connectivity index (χ0n) is 14.1. The minimum Gasteiger partial charge on any atom is -0.487 e. The molecule has 1 aliphatic rings. The number of benzene rings is 1. The molecule has 1 atom stereocenters. The summed E-state index contributed by atoms with van der Waals surface area (Å²) in [5.41, 5.74) is 2.43. The molecule has 1 aromatic carbocycles. The Kier molecular flexibility index (Phi) is 4.91. The summed E-state index contributed by atoms with van der Waals surface area (Å²) in [5.74, 6) is 0.0878. The second kappa shape index (κ2) is 7.50. The van der Waals surface area contributed by atoms with Crippen molar-refractivity contribution in [3.8, 4) is 17.0 Å². The van der Waals surface area contributed by atoms with E-state index in [0.717, 1.165) is 11.1 Å². The first-order valence-corrected chi connectivity index (χ1v) is 9.61. The topological polar surface area (TPSA) is 86.1 Å². The normalized spacial score (nSPS) is 17.0. The lowest BCUT2D eigenvalue weighted by molar-refractivity contribution is -0.136. The summed E-state index contributed by atoms with van der Waals surface area (Å²) in [6, 6.07) is 6.93. The molecule has 0 radical (unpaired) electrons. The Morgan fingerprint density at radius 2 is 2.07 bits per heavy atom. The summed E-state index contributed by atoms with van der Waals surface area (Å²) in [5, 5.41) is 15.1. The van der Waals surface area contributed by atoms with Crippen LogP contribution in [0.3, 0.4) is 0 Å². The molecule has 1 N–H and O–H groups in total. The summed E-state index contributed by atoms with van der Waals surface area (Å²) in [4.78, 5) is 23.3. The maximum Gasteiger partial charge on any atom is 0.251 e. The van der Waals surface area contributed by atoms with Gasteiger partial charge in [-0.3, -0.25) is 14.9 Å². The van der Waals surface area contributed by atoms with Crippen LogP contribution in [0, 0.1) is 0 Å². The minimum absolute atomic E-state index is 0.257. The van der Waals surface area contributed by atoms with Crippen molar-refractivity contribution in [3.05, 3.63) is 51.8 Å². The molecule has 3 heterocycles. The molecule has 0 saturated carbocycles. The average molecular weight is 403 g/mol. The monoisotopic (exact) mass is 402 g/mol. The highest BCUT2D eigenvalue weighted by atomic mass is 35.5. The van der Waals surface area contributed by atoms with E-state index in [1.165, 1.54) is 16.0 Å². The second-order valence-electron chi connectivity index (χ2n) is 6.12. The Bertz CT molecular complexity index is 983. The second-order valence-corrected chi connectivity index (χ2v) is 7.30. The molecule has 2 aromatic heterocycles. The minimum atomic E-state index is -0.527. The van der Waals surface area contributed by atoms with Crippen molar-refractivity contribution < 1.29 is 14.3 Å². The number of hydrogen-bond donors (Lipinski definition) is 1. The first-order valence-electron chi connectivity index (χ1n) is 8.29. The summed E-state index contributed by atoms with van der Waals surface area (Å²) < 4.78 is 7.41. The molecule has 1 fully saturated rings. The van der Waals surface area contributed by atoms with E-state index < -0.39 is 6.04 Å². The van der Waals surface area contributed by atoms with Crippen LogP contribution < -0.4 is 10.1 Å². The summed E-state index contributed by atoms with van der Waals surface area (Å²) in [7, 11) is 0. The molecule has 4 rings (SSSR count). The maximum absolute atomic E-state index is 12.0. The van der Waals surface area contributed by atoms with Crippen molar-refractivity contribution in [2.75, 3.05) is 0 Å². The highest BCUT2D eigenvalue weighted by Crippen LogP contribution is 2.33. The average Bonchev–Trinajstić information content (AvgIpc) is 3.30. The fourth-order valence-corrected chi connectivity index (χ4v) is 3.70. The number of amides is 2. The van der Waals surface area contributed by atoms with Crippen LogP contribution in [0.15, 0.2) is 41.2 Å². The number of aromatic nitrogens is 3. The molecule has 9 heteroatoms. The molecule has 0 aliphatic carbocycles. The molecule has 3 aromatic rings. The number of rotatable bonds is 5. The first kappa shape index (κ1) is 17.7. The van der Waals surface area contributed by atoms with E-state index >= 15 is 0 Å². The highest BCUT2D eigenvalue weighted by molar-refractivity contribution is 7.08. The Balaban J connectivity index is 1.49. The van der Waals surface area contributed by atoms with Gasteiger partial charge in [-0.25, -0.2) is 4.68 Å². The molecule has 138 valence electrons. The third-order valence-electron chi connectivity index (χ3n) is 4.25. The van der Waals surface area contributed by atoms with Crippen LogP contribution in [0.25, 0.3) is 11.3 Å². The van der Waals surface area contributed by atoms with Crippen LogP contribution in [-0.2, 0) is 16.2 Å². The number of nitrogens with one attached hydrogen (secondary N) is 1. The Morgan fingerprint density at radius 1 is 1.26 bits per heavy atom. The standard InChI is InChI=1S/C18H15ClN4O3S/c19-12-3-1-11(2-4-12)8-26-16-10-27-9-13(16)14-7-23(22-21-14)15-5-6-17(24)20-18(15)25/h1-4,7,9-10,15H,5-6,8H2,(H,20,24,25). The van der Waals surface area contributed by atoms with Crippen molar-refractivity contribution in [2.45, 2.75) is 25.5 Å². The van der Waals surface area contributed by atoms with Gasteiger partial charge in [0, 0.05) is 22.2 Å². The van der Waals surface area contributed by atoms with E-state index in [1.54, 1.807) is 6.20 Å². The summed E-state index contributed by atoms with van der Waals surface area (Å²) >= 11 is 7.39. The lowest BCUT2D eigenvalue weighted by Gasteiger charge is -2.20. The van der Waals surface area contributed by atoms with Crippen molar-refractivity contribution in [1.82, 2.24) is 20.3 Å². The summed E-state index contributed by atoms with van der Waals surface area (Å²) in [6.45, 7) is 0.405. The lowest BCUT2D eigenvalue weighted by atomic mass is 10.1. The smallest absolute Gasteiger partial charge is 0.251 e. The van der Waals surface area contributed by atoms with Gasteiger partial charge in [0.05, 0.1) is 11.8 Å². The predicted molar refractivity (Wildman–Crippen MR) is 101 cm³/mol. The number of thiophene rings is 1. The number of ether oxygens (including phenoxy) is 1. The van der Waals surface area contributed by atoms with Crippen LogP contribution in [0.4, 0.5) is 0 Å². The van der Waals surface area contributed by atoms with Crippen molar-refractivity contribution in [1.29, 1.82) is 0 Å². The molecule has 1 aliphatic heterocycles. The fourth-order valence-electron chi connectivity index (χ4n) is 2.81. The van der Waals surface area contributed by atoms with Gasteiger partial charge in [-0.15, -0.1) is 16.4 Å². The van der Waals surface area contributed by atoms with Gasteiger partial charge in [-0.05, 0) is 24.1 Å². The van der Waals surface area contributed by atoms with E-state index in [4.69, 9.17) is 16.3 Å². The Hall–Kier alpha value is -2.71. The number of piperidine rings is 1. The number of halogens is 1. The van der Waals surface area contributed by atoms with E-state index in [-0.39, 0.29) is 11.8 Å². The molecule has 0 spiro atoms. The van der Waals surface area contributed by atoms with Gasteiger partial charge in [0.1, 0.15) is 24.1 Å². The third kappa shape index (κ3) is 3.86. The van der Waals surface area contributed by atoms with Crippen molar-refractivity contribution in [2.24, 2.45) is 0 Å². The lowest BCUT2D eigenvalue weighted by Crippen LogP contribution is -2.41. The van der Waals surface area contributed by atoms with Gasteiger partial charge >= 0.3 is 0 Å². The van der Waals surface area contributed by atoms with E-state index in [2.05, 4.69) is 15.6 Å². The predicted octanol–water partition coefficient (Wildman–Crippen LogP) is 3.22. The van der Waals surface area contributed by atoms with Gasteiger partial charge in [0.2, 0.25) is 5.91 Å². The number of carbonyl (C=O) groups excluding carboxylic acids is 2. The van der Waals surface area contributed by atoms with Crippen LogP contribution in [0.2, 0.25) is 5.02 Å². The first-order chi connectivity index (χ1) is 13.1. The van der Waals surface area contributed by atoms with Crippen molar-refractivity contribution >= 4 is 34.8 Å². The third-order valence-corrected chi connectivity index (χ3v) is 5.22. The van der Waals surface area contributed by atoms with Gasteiger partial charge in [-0.1, -0.05) is 28.9 Å². The highest BCUT2D eigenvalue weighted by Gasteiger charge is 2.29. The number of imide groups is 1. The number of carbonyl (C=O) groups is 2. The maximum atomic E-state index is 12.0. The van der Waals surface area contributed by atoms with Gasteiger partial charge in [-0.2, -0.15) is 0 Å². The molecule has 1 saturated heterocycles. The SMILES string of the molecule is O=C1CCC(n2cc(-c3cscc3OCc3ccc(Cl)cc3)nn2)C(=O)N1. The van der Waals surface area contributed by atoms with Gasteiger partial charge in [0.15, 0.2) is 0 Å². The molecule has 27 heavy (non-hydrogen) atoms. The number of hydrogen-bond acceptors (Lipinski definition) is 6. The molecule has 1 unspecified atom stereocenters. The molecule has 7 nitrogen and oxygen atoms in total. The van der Waals surface area contributed by atoms with E-state index in [9.17, 15) is 9.59 Å². The van der Waals surface area contributed by atoms with Gasteiger partial charge in [0.25, 0.3) is 5.91 Å². The Morgan fingerprint density at radius 3 is 2.85 bits per heavy atom. The van der Waals surface area contributed by atoms with Crippen LogP contribution in [-0.4, -0.2) is 26.8 Å². The molecular weight excluding hydrogens is 388 g/mol. The molecular formula is C18H15ClN4O3S. The zero-order valence-corrected chi connectivity index (χ0v) is 15.7. The van der Waals surface area contributed by atoms with Crippen LogP contribution in [0.1, 0.15) is 24.4 Å². The van der Waals surface area contributed by atoms with Gasteiger partial charge < -0.3 is 4.74 Å². The van der Waals surface area contributed by atoms with Crippen LogP contribution in [0.5, 0.6) is 5.75 Å². The molecule has 2 amide bonds.